The van der Waals surface area contributed by atoms with Gasteiger partial charge in [0.2, 0.25) is 0 Å². The van der Waals surface area contributed by atoms with Crippen LogP contribution in [0.5, 0.6) is 11.5 Å². The van der Waals surface area contributed by atoms with E-state index >= 15 is 0 Å². The highest BCUT2D eigenvalue weighted by Gasteiger charge is 2.29. The van der Waals surface area contributed by atoms with E-state index in [0.717, 1.165) is 61.8 Å². The third-order valence-electron chi connectivity index (χ3n) is 10.5. The molecule has 10 rings (SSSR count). The van der Waals surface area contributed by atoms with E-state index in [0.29, 0.717) is 0 Å². The molecule has 0 unspecified atom stereocenters. The zero-order valence-electron chi connectivity index (χ0n) is 29.6. The van der Waals surface area contributed by atoms with Crippen molar-refractivity contribution in [2.24, 2.45) is 0 Å². The summed E-state index contributed by atoms with van der Waals surface area (Å²) in [5, 5.41) is 2.32. The first-order chi connectivity index (χ1) is 26.8. The third-order valence-corrected chi connectivity index (χ3v) is 10.5. The highest BCUT2D eigenvalue weighted by molar-refractivity contribution is 6.04. The fourth-order valence-electron chi connectivity index (χ4n) is 7.93. The van der Waals surface area contributed by atoms with Gasteiger partial charge in [0, 0.05) is 27.9 Å². The summed E-state index contributed by atoms with van der Waals surface area (Å²) in [5.41, 5.74) is 14.5. The second-order valence-electron chi connectivity index (χ2n) is 13.7. The largest absolute Gasteiger partial charge is 0.454 e. The number of hydrogen-bond donors (Lipinski definition) is 0. The number of anilines is 3. The maximum absolute atomic E-state index is 7.34. The van der Waals surface area contributed by atoms with Crippen molar-refractivity contribution in [1.29, 1.82) is 0 Å². The number of para-hydroxylation sites is 2. The molecule has 0 aliphatic carbocycles. The summed E-state index contributed by atoms with van der Waals surface area (Å²) in [5.74, 6) is 1.65. The van der Waals surface area contributed by atoms with Crippen molar-refractivity contribution in [2.45, 2.75) is 0 Å². The molecule has 2 heteroatoms. The van der Waals surface area contributed by atoms with E-state index in [-0.39, 0.29) is 0 Å². The van der Waals surface area contributed by atoms with Gasteiger partial charge in [-0.25, -0.2) is 0 Å². The van der Waals surface area contributed by atoms with Gasteiger partial charge in [-0.3, -0.25) is 0 Å². The molecular weight excluding hydrogens is 655 g/mol. The Morgan fingerprint density at radius 1 is 0.315 bits per heavy atom. The summed E-state index contributed by atoms with van der Waals surface area (Å²) < 4.78 is 7.34. The van der Waals surface area contributed by atoms with Gasteiger partial charge in [0.05, 0.1) is 11.4 Å². The van der Waals surface area contributed by atoms with Crippen molar-refractivity contribution in [2.75, 3.05) is 4.90 Å². The zero-order valence-corrected chi connectivity index (χ0v) is 29.6. The van der Waals surface area contributed by atoms with Crippen LogP contribution in [0.1, 0.15) is 0 Å². The molecule has 54 heavy (non-hydrogen) atoms. The molecule has 0 fully saturated rings. The van der Waals surface area contributed by atoms with Crippen LogP contribution in [-0.2, 0) is 0 Å². The molecule has 9 aromatic carbocycles. The lowest BCUT2D eigenvalue weighted by molar-refractivity contribution is 0.489. The Balaban J connectivity index is 1.25. The van der Waals surface area contributed by atoms with Crippen molar-refractivity contribution in [3.05, 3.63) is 212 Å². The Morgan fingerprint density at radius 2 is 0.815 bits per heavy atom. The van der Waals surface area contributed by atoms with E-state index in [1.807, 2.05) is 0 Å². The molecule has 0 saturated carbocycles. The number of benzene rings is 9. The summed E-state index contributed by atoms with van der Waals surface area (Å²) >= 11 is 0. The Morgan fingerprint density at radius 3 is 1.54 bits per heavy atom. The van der Waals surface area contributed by atoms with E-state index in [4.69, 9.17) is 4.74 Å². The molecule has 1 aliphatic heterocycles. The van der Waals surface area contributed by atoms with Gasteiger partial charge < -0.3 is 9.64 Å². The van der Waals surface area contributed by atoms with Crippen LogP contribution in [-0.4, -0.2) is 0 Å². The Labute approximate surface area is 315 Å². The van der Waals surface area contributed by atoms with Crippen LogP contribution in [0.3, 0.4) is 0 Å². The average Bonchev–Trinajstić information content (AvgIpc) is 3.39. The number of fused-ring (bicyclic) bond motifs is 6. The molecule has 254 valence electrons. The quantitative estimate of drug-likeness (QED) is 0.172. The second kappa shape index (κ2) is 13.4. The van der Waals surface area contributed by atoms with Crippen molar-refractivity contribution < 1.29 is 4.74 Å². The molecular formula is C52H35NO. The topological polar surface area (TPSA) is 12.5 Å². The van der Waals surface area contributed by atoms with Crippen LogP contribution in [0.25, 0.3) is 66.4 Å². The minimum absolute atomic E-state index is 0.813. The van der Waals surface area contributed by atoms with E-state index in [1.165, 1.54) is 33.2 Å². The Hall–Kier alpha value is -7.16. The summed E-state index contributed by atoms with van der Waals surface area (Å²) in [4.78, 5) is 2.36. The smallest absolute Gasteiger partial charge is 0.159 e. The van der Waals surface area contributed by atoms with Gasteiger partial charge >= 0.3 is 0 Å². The van der Waals surface area contributed by atoms with Gasteiger partial charge in [0.15, 0.2) is 5.75 Å². The summed E-state index contributed by atoms with van der Waals surface area (Å²) in [6.07, 6.45) is 0. The van der Waals surface area contributed by atoms with Crippen LogP contribution in [0, 0.1) is 0 Å². The van der Waals surface area contributed by atoms with Crippen LogP contribution in [0.15, 0.2) is 212 Å². The molecule has 1 heterocycles. The lowest BCUT2D eigenvalue weighted by Crippen LogP contribution is -2.12. The van der Waals surface area contributed by atoms with Crippen molar-refractivity contribution in [3.63, 3.8) is 0 Å². The van der Waals surface area contributed by atoms with Crippen LogP contribution < -0.4 is 9.64 Å². The van der Waals surface area contributed by atoms with Crippen molar-refractivity contribution in [1.82, 2.24) is 0 Å². The predicted molar refractivity (Wildman–Crippen MR) is 226 cm³/mol. The van der Waals surface area contributed by atoms with Gasteiger partial charge in [-0.05, 0) is 80.6 Å². The minimum Gasteiger partial charge on any atom is -0.454 e. The van der Waals surface area contributed by atoms with Gasteiger partial charge in [0.1, 0.15) is 5.75 Å². The fraction of sp³-hybridized carbons (Fsp3) is 0. The lowest BCUT2D eigenvalue weighted by atomic mass is 9.87. The second-order valence-corrected chi connectivity index (χ2v) is 13.7. The van der Waals surface area contributed by atoms with E-state index in [2.05, 4.69) is 217 Å². The molecule has 0 aromatic heterocycles. The van der Waals surface area contributed by atoms with Crippen LogP contribution in [0.2, 0.25) is 0 Å². The number of nitrogens with zero attached hydrogens (tertiary/aromatic N) is 1. The van der Waals surface area contributed by atoms with Gasteiger partial charge in [-0.2, -0.15) is 0 Å². The SMILES string of the molecule is c1ccc(-c2ccc(N(c3ccccc3-c3ccccc3)c3cccc4c3Oc3cc5ccccc5cc3-c3c(-c5ccccc5)cccc3-4)cc2)cc1. The first-order valence-electron chi connectivity index (χ1n) is 18.4. The molecule has 0 radical (unpaired) electrons. The number of hydrogen-bond acceptors (Lipinski definition) is 2. The summed E-state index contributed by atoms with van der Waals surface area (Å²) in [6, 6.07) is 75.7. The maximum Gasteiger partial charge on any atom is 0.159 e. The van der Waals surface area contributed by atoms with E-state index in [9.17, 15) is 0 Å². The fourth-order valence-corrected chi connectivity index (χ4v) is 7.93. The maximum atomic E-state index is 7.34. The number of ether oxygens (including phenoxy) is 1. The number of rotatable bonds is 6. The molecule has 1 aliphatic rings. The molecule has 0 bridgehead atoms. The van der Waals surface area contributed by atoms with Crippen molar-refractivity contribution in [3.8, 4) is 67.1 Å². The highest BCUT2D eigenvalue weighted by atomic mass is 16.5. The normalized spacial score (nSPS) is 11.5. The molecule has 0 saturated heterocycles. The Kier molecular flexibility index (Phi) is 7.85. The standard InChI is InChI=1S/C52H35NO/c1-4-16-36(17-5-1)37-30-32-42(33-31-37)53(48-28-13-12-24-43(48)38-18-6-2-7-19-38)49-29-15-27-46-45-26-14-25-44(39-20-8-3-9-21-39)51(45)47-34-40-22-10-11-23-41(40)35-50(47)54-52(46)49/h1-35H. The highest BCUT2D eigenvalue weighted by Crippen LogP contribution is 2.55. The molecule has 2 nitrogen and oxygen atoms in total. The van der Waals surface area contributed by atoms with Crippen molar-refractivity contribution >= 4 is 27.8 Å². The first kappa shape index (κ1) is 31.6. The van der Waals surface area contributed by atoms with Crippen LogP contribution >= 0.6 is 0 Å². The summed E-state index contributed by atoms with van der Waals surface area (Å²) in [6.45, 7) is 0. The lowest BCUT2D eigenvalue weighted by Gasteiger charge is -2.30. The average molecular weight is 690 g/mol. The molecule has 9 aromatic rings. The van der Waals surface area contributed by atoms with Crippen LogP contribution in [0.4, 0.5) is 17.1 Å². The summed E-state index contributed by atoms with van der Waals surface area (Å²) in [7, 11) is 0. The molecule has 0 spiro atoms. The predicted octanol–water partition coefficient (Wildman–Crippen LogP) is 14.8. The third kappa shape index (κ3) is 5.53. The first-order valence-corrected chi connectivity index (χ1v) is 18.4. The van der Waals surface area contributed by atoms with Gasteiger partial charge in [0.25, 0.3) is 0 Å². The zero-order chi connectivity index (χ0) is 35.8. The Bertz CT molecular complexity index is 2770. The molecule has 0 amide bonds. The van der Waals surface area contributed by atoms with E-state index < -0.39 is 0 Å². The van der Waals surface area contributed by atoms with E-state index in [1.54, 1.807) is 0 Å². The monoisotopic (exact) mass is 689 g/mol. The molecule has 0 N–H and O–H groups in total. The van der Waals surface area contributed by atoms with Gasteiger partial charge in [-0.15, -0.1) is 0 Å². The molecule has 0 atom stereocenters. The van der Waals surface area contributed by atoms with Gasteiger partial charge in [-0.1, -0.05) is 176 Å². The minimum atomic E-state index is 0.813.